The lowest BCUT2D eigenvalue weighted by molar-refractivity contribution is 0.0158. The molecule has 1 unspecified atom stereocenters. The Morgan fingerprint density at radius 2 is 1.79 bits per heavy atom. The van der Waals surface area contributed by atoms with Gasteiger partial charge in [-0.05, 0) is 12.1 Å². The Bertz CT molecular complexity index is 524. The van der Waals surface area contributed by atoms with Gasteiger partial charge in [0, 0.05) is 45.3 Å². The van der Waals surface area contributed by atoms with Crippen LogP contribution in [0.1, 0.15) is 0 Å². The highest BCUT2D eigenvalue weighted by Crippen LogP contribution is 2.15. The van der Waals surface area contributed by atoms with Gasteiger partial charge < -0.3 is 0 Å². The van der Waals surface area contributed by atoms with Gasteiger partial charge >= 0.3 is 0 Å². The zero-order chi connectivity index (χ0) is 13.3. The molecule has 3 aliphatic rings. The molecule has 0 aromatic heterocycles. The molecule has 0 radical (unpaired) electrons. The van der Waals surface area contributed by atoms with Crippen molar-refractivity contribution in [3.05, 3.63) is 30.3 Å². The number of nitrogens with zero attached hydrogens (tertiary/aromatic N) is 2. The van der Waals surface area contributed by atoms with E-state index in [1.54, 1.807) is 24.3 Å². The van der Waals surface area contributed by atoms with Gasteiger partial charge in [-0.1, -0.05) is 18.2 Å². The molecule has 3 saturated heterocycles. The second-order valence-corrected chi connectivity index (χ2v) is 6.92. The van der Waals surface area contributed by atoms with Gasteiger partial charge in [0.15, 0.2) is 0 Å². The third-order valence-corrected chi connectivity index (χ3v) is 5.39. The third-order valence-electron chi connectivity index (χ3n) is 3.95. The van der Waals surface area contributed by atoms with Crippen molar-refractivity contribution in [1.82, 2.24) is 14.5 Å². The van der Waals surface area contributed by atoms with E-state index < -0.39 is 10.0 Å². The number of piperazine rings is 3. The topological polar surface area (TPSA) is 52.7 Å². The maximum Gasteiger partial charge on any atom is 0.240 e. The average molecular weight is 281 g/mol. The van der Waals surface area contributed by atoms with Gasteiger partial charge in [0.25, 0.3) is 0 Å². The van der Waals surface area contributed by atoms with Gasteiger partial charge in [-0.3, -0.25) is 9.80 Å². The van der Waals surface area contributed by atoms with Crippen molar-refractivity contribution < 1.29 is 8.42 Å². The fourth-order valence-electron chi connectivity index (χ4n) is 2.81. The van der Waals surface area contributed by atoms with Crippen molar-refractivity contribution >= 4 is 10.0 Å². The Hall–Kier alpha value is -0.950. The number of fused-ring (bicyclic) bond motifs is 3. The van der Waals surface area contributed by atoms with E-state index in [9.17, 15) is 8.42 Å². The van der Waals surface area contributed by atoms with Crippen LogP contribution in [0.3, 0.4) is 0 Å². The van der Waals surface area contributed by atoms with Crippen LogP contribution in [0, 0.1) is 0 Å². The van der Waals surface area contributed by atoms with Crippen molar-refractivity contribution in [2.24, 2.45) is 0 Å². The molecule has 0 amide bonds. The van der Waals surface area contributed by atoms with Crippen molar-refractivity contribution in [2.45, 2.75) is 10.9 Å². The Kier molecular flexibility index (Phi) is 3.58. The summed E-state index contributed by atoms with van der Waals surface area (Å²) in [6, 6.07) is 8.86. The first-order chi connectivity index (χ1) is 9.15. The second-order valence-electron chi connectivity index (χ2n) is 5.16. The Labute approximate surface area is 114 Å². The highest BCUT2D eigenvalue weighted by atomic mass is 32.2. The summed E-state index contributed by atoms with van der Waals surface area (Å²) in [7, 11) is -3.37. The minimum absolute atomic E-state index is 0.306. The Morgan fingerprint density at radius 1 is 1.11 bits per heavy atom. The molecule has 104 valence electrons. The number of benzene rings is 1. The van der Waals surface area contributed by atoms with E-state index in [1.807, 2.05) is 6.07 Å². The van der Waals surface area contributed by atoms with Crippen LogP contribution in [0.25, 0.3) is 0 Å². The molecule has 0 saturated carbocycles. The smallest absolute Gasteiger partial charge is 0.240 e. The molecule has 0 spiro atoms. The van der Waals surface area contributed by atoms with Crippen molar-refractivity contribution in [3.8, 4) is 0 Å². The normalized spacial score (nSPS) is 30.4. The lowest BCUT2D eigenvalue weighted by Crippen LogP contribution is -2.63. The highest BCUT2D eigenvalue weighted by molar-refractivity contribution is 7.89. The molecule has 2 bridgehead atoms. The number of rotatable bonds is 4. The van der Waals surface area contributed by atoms with Crippen LogP contribution in [0.2, 0.25) is 0 Å². The summed E-state index contributed by atoms with van der Waals surface area (Å²) in [5, 5.41) is 0. The summed E-state index contributed by atoms with van der Waals surface area (Å²) in [6.07, 6.45) is 0. The summed E-state index contributed by atoms with van der Waals surface area (Å²) in [6.45, 7) is 5.80. The van der Waals surface area contributed by atoms with Gasteiger partial charge in [-0.25, -0.2) is 13.1 Å². The van der Waals surface area contributed by atoms with Crippen LogP contribution in [0.15, 0.2) is 35.2 Å². The molecule has 3 aliphatic heterocycles. The van der Waals surface area contributed by atoms with Gasteiger partial charge in [-0.2, -0.15) is 0 Å². The van der Waals surface area contributed by atoms with Crippen LogP contribution in [-0.4, -0.2) is 63.5 Å². The maximum atomic E-state index is 12.1. The van der Waals surface area contributed by atoms with Crippen LogP contribution >= 0.6 is 0 Å². The van der Waals surface area contributed by atoms with E-state index in [0.717, 1.165) is 32.7 Å². The number of nitrogens with one attached hydrogen (secondary N) is 1. The van der Waals surface area contributed by atoms with E-state index in [1.165, 1.54) is 0 Å². The zero-order valence-electron chi connectivity index (χ0n) is 10.8. The van der Waals surface area contributed by atoms with E-state index in [4.69, 9.17) is 0 Å². The van der Waals surface area contributed by atoms with Gasteiger partial charge in [0.2, 0.25) is 10.0 Å². The van der Waals surface area contributed by atoms with E-state index >= 15 is 0 Å². The molecule has 1 aromatic carbocycles. The molecule has 19 heavy (non-hydrogen) atoms. The Morgan fingerprint density at radius 3 is 2.37 bits per heavy atom. The lowest BCUT2D eigenvalue weighted by Gasteiger charge is -2.47. The van der Waals surface area contributed by atoms with Gasteiger partial charge in [0.05, 0.1) is 4.90 Å². The predicted molar refractivity (Wildman–Crippen MR) is 73.4 cm³/mol. The highest BCUT2D eigenvalue weighted by Gasteiger charge is 2.32. The number of sulfonamides is 1. The molecule has 6 heteroatoms. The Balaban J connectivity index is 1.63. The summed E-state index contributed by atoms with van der Waals surface area (Å²) < 4.78 is 27.0. The third kappa shape index (κ3) is 2.81. The molecule has 1 atom stereocenters. The minimum Gasteiger partial charge on any atom is -0.299 e. The quantitative estimate of drug-likeness (QED) is 0.842. The number of hydrogen-bond donors (Lipinski definition) is 1. The van der Waals surface area contributed by atoms with Crippen LogP contribution in [-0.2, 0) is 10.0 Å². The summed E-state index contributed by atoms with van der Waals surface area (Å²) >= 11 is 0. The summed E-state index contributed by atoms with van der Waals surface area (Å²) in [5.74, 6) is 0. The van der Waals surface area contributed by atoms with E-state index in [0.29, 0.717) is 17.5 Å². The minimum atomic E-state index is -3.37. The second kappa shape index (κ2) is 5.20. The molecule has 4 rings (SSSR count). The molecule has 1 aromatic rings. The zero-order valence-corrected chi connectivity index (χ0v) is 11.6. The molecular formula is C13H19N3O2S. The van der Waals surface area contributed by atoms with Crippen LogP contribution in [0.5, 0.6) is 0 Å². The monoisotopic (exact) mass is 281 g/mol. The molecule has 0 aliphatic carbocycles. The van der Waals surface area contributed by atoms with E-state index in [-0.39, 0.29) is 0 Å². The molecular weight excluding hydrogens is 262 g/mol. The summed E-state index contributed by atoms with van der Waals surface area (Å²) in [4.78, 5) is 5.13. The standard InChI is InChI=1S/C13H19N3O2S/c17-19(18,13-4-2-1-3-5-13)14-10-12-11-15-6-8-16(12)9-7-15/h1-5,12,14H,6-11H2. The first kappa shape index (κ1) is 13.1. The maximum absolute atomic E-state index is 12.1. The van der Waals surface area contributed by atoms with Crippen LogP contribution < -0.4 is 4.72 Å². The summed E-state index contributed by atoms with van der Waals surface area (Å²) in [5.41, 5.74) is 0. The van der Waals surface area contributed by atoms with Crippen molar-refractivity contribution in [1.29, 1.82) is 0 Å². The molecule has 3 fully saturated rings. The SMILES string of the molecule is O=S(=O)(NCC1CN2CCN1CC2)c1ccccc1. The van der Waals surface area contributed by atoms with Crippen molar-refractivity contribution in [3.63, 3.8) is 0 Å². The number of hydrogen-bond acceptors (Lipinski definition) is 4. The molecule has 1 N–H and O–H groups in total. The van der Waals surface area contributed by atoms with Gasteiger partial charge in [0.1, 0.15) is 0 Å². The fraction of sp³-hybridized carbons (Fsp3) is 0.538. The average Bonchev–Trinajstić information content (AvgIpc) is 2.47. The lowest BCUT2D eigenvalue weighted by atomic mass is 10.1. The van der Waals surface area contributed by atoms with Gasteiger partial charge in [-0.15, -0.1) is 0 Å². The first-order valence-corrected chi connectivity index (χ1v) is 8.14. The molecule has 5 nitrogen and oxygen atoms in total. The fourth-order valence-corrected chi connectivity index (χ4v) is 3.90. The largest absolute Gasteiger partial charge is 0.299 e. The molecule has 3 heterocycles. The van der Waals surface area contributed by atoms with Crippen molar-refractivity contribution in [2.75, 3.05) is 39.3 Å². The van der Waals surface area contributed by atoms with E-state index in [2.05, 4.69) is 14.5 Å². The van der Waals surface area contributed by atoms with Crippen LogP contribution in [0.4, 0.5) is 0 Å². The predicted octanol–water partition coefficient (Wildman–Crippen LogP) is -0.0353. The first-order valence-electron chi connectivity index (χ1n) is 6.66.